The number of carbonyl (C=O) groups is 3. The molecule has 0 unspecified atom stereocenters. The zero-order chi connectivity index (χ0) is 16.6. The summed E-state index contributed by atoms with van der Waals surface area (Å²) in [4.78, 5) is 35.8. The zero-order valence-electron chi connectivity index (χ0n) is 12.8. The van der Waals surface area contributed by atoms with E-state index >= 15 is 0 Å². The van der Waals surface area contributed by atoms with E-state index in [0.717, 1.165) is 29.6 Å². The first-order valence-electron chi connectivity index (χ1n) is 7.35. The Bertz CT molecular complexity index is 659. The smallest absolute Gasteiger partial charge is 0.344 e. The topological polar surface area (TPSA) is 117 Å². The highest BCUT2D eigenvalue weighted by Crippen LogP contribution is 2.39. The fourth-order valence-electron chi connectivity index (χ4n) is 2.08. The summed E-state index contributed by atoms with van der Waals surface area (Å²) in [6.07, 6.45) is 2.54. The molecule has 2 N–H and O–H groups in total. The molecule has 1 aliphatic carbocycles. The lowest BCUT2D eigenvalue weighted by molar-refractivity contribution is -0.137. The number of nitrogens with one attached hydrogen (secondary N) is 2. The van der Waals surface area contributed by atoms with Gasteiger partial charge in [-0.1, -0.05) is 18.7 Å². The van der Waals surface area contributed by atoms with Gasteiger partial charge in [-0.05, 0) is 26.2 Å². The summed E-state index contributed by atoms with van der Waals surface area (Å²) in [5, 5.41) is 11.3. The average molecular weight is 339 g/mol. The highest BCUT2D eigenvalue weighted by atomic mass is 32.2. The molecule has 4 amide bonds. The van der Waals surface area contributed by atoms with Crippen LogP contribution in [0.3, 0.4) is 0 Å². The number of imide groups is 1. The van der Waals surface area contributed by atoms with Crippen LogP contribution in [0.5, 0.6) is 0 Å². The number of hydrazine groups is 1. The van der Waals surface area contributed by atoms with E-state index in [1.807, 2.05) is 0 Å². The van der Waals surface area contributed by atoms with Crippen LogP contribution >= 0.6 is 11.8 Å². The first kappa shape index (κ1) is 15.8. The molecule has 2 heterocycles. The number of amides is 4. The molecule has 2 fully saturated rings. The summed E-state index contributed by atoms with van der Waals surface area (Å²) in [5.74, 6) is -0.0575. The van der Waals surface area contributed by atoms with E-state index in [2.05, 4.69) is 20.9 Å². The zero-order valence-corrected chi connectivity index (χ0v) is 13.6. The molecule has 124 valence electrons. The van der Waals surface area contributed by atoms with Gasteiger partial charge >= 0.3 is 6.03 Å². The Hall–Kier alpha value is -2.10. The molecule has 2 aliphatic rings. The summed E-state index contributed by atoms with van der Waals surface area (Å²) in [7, 11) is 0. The minimum atomic E-state index is -0.983. The summed E-state index contributed by atoms with van der Waals surface area (Å²) in [5.41, 5.74) is 1.32. The third-order valence-electron chi connectivity index (χ3n) is 3.88. The number of hydrogen-bond acceptors (Lipinski definition) is 7. The lowest BCUT2D eigenvalue weighted by atomic mass is 10.00. The molecule has 0 aromatic carbocycles. The Kier molecular flexibility index (Phi) is 4.00. The lowest BCUT2D eigenvalue weighted by Gasteiger charge is -2.19. The van der Waals surface area contributed by atoms with Crippen LogP contribution in [-0.2, 0) is 9.59 Å². The Morgan fingerprint density at radius 3 is 2.83 bits per heavy atom. The predicted molar refractivity (Wildman–Crippen MR) is 79.2 cm³/mol. The van der Waals surface area contributed by atoms with Gasteiger partial charge in [-0.25, -0.2) is 4.79 Å². The van der Waals surface area contributed by atoms with E-state index in [0.29, 0.717) is 23.5 Å². The molecule has 9 nitrogen and oxygen atoms in total. The standard InChI is InChI=1S/C13H17N5O4S/c1-3-13(2)10(20)18(11(21)14-13)17-8(19)6-23-12-16-15-9(22-12)7-4-5-7/h7H,3-6H2,1-2H3,(H,14,21)(H,17,19)/t13-/m1/s1. The fourth-order valence-corrected chi connectivity index (χ4v) is 2.65. The second-order valence-corrected chi connectivity index (χ2v) is 6.69. The van der Waals surface area contributed by atoms with Crippen LogP contribution in [0.2, 0.25) is 0 Å². The number of aromatic nitrogens is 2. The molecule has 1 aromatic heterocycles. The monoisotopic (exact) mass is 339 g/mol. The van der Waals surface area contributed by atoms with Crippen molar-refractivity contribution in [3.63, 3.8) is 0 Å². The van der Waals surface area contributed by atoms with E-state index in [1.165, 1.54) is 0 Å². The third-order valence-corrected chi connectivity index (χ3v) is 4.70. The maximum Gasteiger partial charge on any atom is 0.344 e. The van der Waals surface area contributed by atoms with Gasteiger partial charge in [0.05, 0.1) is 5.75 Å². The van der Waals surface area contributed by atoms with Gasteiger partial charge in [0, 0.05) is 5.92 Å². The van der Waals surface area contributed by atoms with Gasteiger partial charge < -0.3 is 9.73 Å². The van der Waals surface area contributed by atoms with Crippen molar-refractivity contribution in [2.45, 2.75) is 49.8 Å². The molecular weight excluding hydrogens is 322 g/mol. The van der Waals surface area contributed by atoms with Crippen molar-refractivity contribution in [3.8, 4) is 0 Å². The molecule has 1 saturated carbocycles. The Morgan fingerprint density at radius 2 is 2.22 bits per heavy atom. The molecule has 0 radical (unpaired) electrons. The van der Waals surface area contributed by atoms with Crippen molar-refractivity contribution >= 4 is 29.6 Å². The Morgan fingerprint density at radius 1 is 1.48 bits per heavy atom. The van der Waals surface area contributed by atoms with E-state index in [9.17, 15) is 14.4 Å². The maximum absolute atomic E-state index is 12.1. The van der Waals surface area contributed by atoms with Gasteiger partial charge in [0.2, 0.25) is 11.8 Å². The predicted octanol–water partition coefficient (Wildman–Crippen LogP) is 0.791. The second kappa shape index (κ2) is 5.84. The van der Waals surface area contributed by atoms with Crippen LogP contribution in [0.15, 0.2) is 9.64 Å². The van der Waals surface area contributed by atoms with Crippen LogP contribution < -0.4 is 10.7 Å². The first-order valence-corrected chi connectivity index (χ1v) is 8.34. The fraction of sp³-hybridized carbons (Fsp3) is 0.615. The molecule has 10 heteroatoms. The van der Waals surface area contributed by atoms with E-state index in [1.54, 1.807) is 13.8 Å². The molecular formula is C13H17N5O4S. The van der Waals surface area contributed by atoms with Gasteiger partial charge in [0.1, 0.15) is 5.54 Å². The van der Waals surface area contributed by atoms with Crippen LogP contribution in [0, 0.1) is 0 Å². The molecule has 0 bridgehead atoms. The normalized spacial score (nSPS) is 24.0. The van der Waals surface area contributed by atoms with E-state index in [4.69, 9.17) is 4.42 Å². The number of rotatable bonds is 6. The van der Waals surface area contributed by atoms with Gasteiger partial charge in [0.15, 0.2) is 0 Å². The van der Waals surface area contributed by atoms with Crippen molar-refractivity contribution in [2.24, 2.45) is 0 Å². The number of urea groups is 1. The molecule has 1 saturated heterocycles. The molecule has 1 aromatic rings. The van der Waals surface area contributed by atoms with E-state index in [-0.39, 0.29) is 5.75 Å². The van der Waals surface area contributed by atoms with Crippen LogP contribution in [-0.4, -0.2) is 44.3 Å². The molecule has 1 aliphatic heterocycles. The van der Waals surface area contributed by atoms with Crippen LogP contribution in [0.4, 0.5) is 4.79 Å². The Labute approximate surface area is 136 Å². The van der Waals surface area contributed by atoms with E-state index < -0.39 is 23.4 Å². The van der Waals surface area contributed by atoms with Crippen LogP contribution in [0.1, 0.15) is 44.9 Å². The van der Waals surface area contributed by atoms with Gasteiger partial charge in [-0.3, -0.25) is 15.0 Å². The quantitative estimate of drug-likeness (QED) is 0.581. The largest absolute Gasteiger partial charge is 0.416 e. The third kappa shape index (κ3) is 3.16. The maximum atomic E-state index is 12.1. The number of carbonyl (C=O) groups excluding carboxylic acids is 3. The van der Waals surface area contributed by atoms with Crippen molar-refractivity contribution in [3.05, 3.63) is 5.89 Å². The SMILES string of the molecule is CC[C@@]1(C)NC(=O)N(NC(=O)CSc2nnc(C3CC3)o2)C1=O. The van der Waals surface area contributed by atoms with Crippen LogP contribution in [0.25, 0.3) is 0 Å². The molecule has 23 heavy (non-hydrogen) atoms. The van der Waals surface area contributed by atoms with Crippen molar-refractivity contribution < 1.29 is 18.8 Å². The molecule has 0 spiro atoms. The van der Waals surface area contributed by atoms with Crippen molar-refractivity contribution in [2.75, 3.05) is 5.75 Å². The highest BCUT2D eigenvalue weighted by molar-refractivity contribution is 7.99. The minimum Gasteiger partial charge on any atom is -0.416 e. The molecule has 1 atom stereocenters. The van der Waals surface area contributed by atoms with Gasteiger partial charge in [-0.2, -0.15) is 5.01 Å². The minimum absolute atomic E-state index is 0.0355. The number of thioether (sulfide) groups is 1. The van der Waals surface area contributed by atoms with Gasteiger partial charge in [0.25, 0.3) is 11.1 Å². The molecule has 3 rings (SSSR count). The number of nitrogens with zero attached hydrogens (tertiary/aromatic N) is 3. The first-order chi connectivity index (χ1) is 10.9. The second-order valence-electron chi connectivity index (χ2n) is 5.76. The highest BCUT2D eigenvalue weighted by Gasteiger charge is 2.47. The summed E-state index contributed by atoms with van der Waals surface area (Å²) in [6, 6.07) is -0.633. The summed E-state index contributed by atoms with van der Waals surface area (Å²) >= 11 is 1.06. The van der Waals surface area contributed by atoms with Gasteiger partial charge in [-0.15, -0.1) is 10.2 Å². The average Bonchev–Trinajstić information content (AvgIpc) is 3.23. The van der Waals surface area contributed by atoms with Crippen molar-refractivity contribution in [1.29, 1.82) is 0 Å². The Balaban J connectivity index is 1.52. The van der Waals surface area contributed by atoms with Crippen molar-refractivity contribution in [1.82, 2.24) is 25.9 Å². The summed E-state index contributed by atoms with van der Waals surface area (Å²) in [6.45, 7) is 3.40. The number of hydrogen-bond donors (Lipinski definition) is 2. The lowest BCUT2D eigenvalue weighted by Crippen LogP contribution is -2.49. The summed E-state index contributed by atoms with van der Waals surface area (Å²) < 4.78 is 5.42.